The van der Waals surface area contributed by atoms with Crippen molar-refractivity contribution in [3.63, 3.8) is 0 Å². The van der Waals surface area contributed by atoms with E-state index in [9.17, 15) is 22.4 Å². The number of halogens is 1. The van der Waals surface area contributed by atoms with Crippen molar-refractivity contribution in [2.75, 3.05) is 18.9 Å². The monoisotopic (exact) mass is 390 g/mol. The molecule has 0 bridgehead atoms. The van der Waals surface area contributed by atoms with Crippen molar-refractivity contribution in [3.05, 3.63) is 35.6 Å². The third-order valence-corrected chi connectivity index (χ3v) is 4.53. The highest BCUT2D eigenvalue weighted by Crippen LogP contribution is 2.17. The molecule has 0 aliphatic carbocycles. The number of carbonyl (C=O) groups is 2. The van der Waals surface area contributed by atoms with Gasteiger partial charge in [0.25, 0.3) is 0 Å². The van der Waals surface area contributed by atoms with E-state index in [4.69, 9.17) is 9.84 Å². The lowest BCUT2D eigenvalue weighted by Gasteiger charge is -2.18. The summed E-state index contributed by atoms with van der Waals surface area (Å²) in [5.41, 5.74) is 0.398. The summed E-state index contributed by atoms with van der Waals surface area (Å²) in [7, 11) is -3.70. The predicted octanol–water partition coefficient (Wildman–Crippen LogP) is 0.802. The van der Waals surface area contributed by atoms with Crippen LogP contribution in [0, 0.1) is 5.82 Å². The topological polar surface area (TPSA) is 122 Å². The Balaban J connectivity index is 2.61. The minimum absolute atomic E-state index is 0.00810. The van der Waals surface area contributed by atoms with E-state index >= 15 is 0 Å². The van der Waals surface area contributed by atoms with Crippen LogP contribution in [0.15, 0.2) is 24.3 Å². The molecule has 0 radical (unpaired) electrons. The van der Waals surface area contributed by atoms with E-state index in [-0.39, 0.29) is 18.5 Å². The highest BCUT2D eigenvalue weighted by molar-refractivity contribution is 7.89. The van der Waals surface area contributed by atoms with Crippen LogP contribution in [-0.2, 0) is 24.3 Å². The summed E-state index contributed by atoms with van der Waals surface area (Å²) < 4.78 is 43.8. The molecular weight excluding hydrogens is 367 g/mol. The van der Waals surface area contributed by atoms with E-state index in [0.717, 1.165) is 12.1 Å². The van der Waals surface area contributed by atoms with Gasteiger partial charge in [-0.1, -0.05) is 12.1 Å². The van der Waals surface area contributed by atoms with Crippen LogP contribution in [0.5, 0.6) is 0 Å². The molecule has 1 atom stereocenters. The summed E-state index contributed by atoms with van der Waals surface area (Å²) in [5.74, 6) is -2.65. The van der Waals surface area contributed by atoms with Crippen LogP contribution in [-0.4, -0.2) is 50.4 Å². The van der Waals surface area contributed by atoms with Gasteiger partial charge < -0.3 is 15.2 Å². The smallest absolute Gasteiger partial charge is 0.305 e. The second kappa shape index (κ2) is 10.2. The first-order valence-electron chi connectivity index (χ1n) is 7.94. The van der Waals surface area contributed by atoms with Crippen LogP contribution in [0.4, 0.5) is 4.39 Å². The fraction of sp³-hybridized carbons (Fsp3) is 0.500. The van der Waals surface area contributed by atoms with Gasteiger partial charge in [0.2, 0.25) is 15.9 Å². The van der Waals surface area contributed by atoms with E-state index in [1.165, 1.54) is 12.1 Å². The summed E-state index contributed by atoms with van der Waals surface area (Å²) >= 11 is 0. The van der Waals surface area contributed by atoms with Crippen molar-refractivity contribution in [2.24, 2.45) is 0 Å². The summed E-state index contributed by atoms with van der Waals surface area (Å²) in [6, 6.07) is 4.10. The van der Waals surface area contributed by atoms with Gasteiger partial charge in [-0.25, -0.2) is 17.5 Å². The van der Waals surface area contributed by atoms with Crippen molar-refractivity contribution in [2.45, 2.75) is 32.4 Å². The third-order valence-electron chi connectivity index (χ3n) is 3.24. The van der Waals surface area contributed by atoms with Gasteiger partial charge >= 0.3 is 5.97 Å². The number of aliphatic carboxylic acids is 1. The maximum absolute atomic E-state index is 13.0. The molecule has 1 amide bonds. The summed E-state index contributed by atoms with van der Waals surface area (Å²) in [5, 5.41) is 11.4. The molecule has 0 aliphatic heterocycles. The normalized spacial score (nSPS) is 12.8. The van der Waals surface area contributed by atoms with Gasteiger partial charge in [-0.15, -0.1) is 0 Å². The zero-order chi connectivity index (χ0) is 19.7. The molecule has 10 heteroatoms. The number of carbonyl (C=O) groups excluding carboxylic acids is 1. The number of sulfonamides is 1. The molecule has 26 heavy (non-hydrogen) atoms. The molecule has 0 heterocycles. The van der Waals surface area contributed by atoms with Gasteiger partial charge in [0.15, 0.2) is 0 Å². The largest absolute Gasteiger partial charge is 0.481 e. The first kappa shape index (κ1) is 22.0. The molecule has 146 valence electrons. The van der Waals surface area contributed by atoms with Gasteiger partial charge in [0, 0.05) is 0 Å². The number of carboxylic acids is 1. The third kappa shape index (κ3) is 8.88. The number of amides is 1. The van der Waals surface area contributed by atoms with Crippen LogP contribution in [0.1, 0.15) is 31.9 Å². The highest BCUT2D eigenvalue weighted by atomic mass is 32.2. The average molecular weight is 390 g/mol. The maximum Gasteiger partial charge on any atom is 0.305 e. The first-order valence-corrected chi connectivity index (χ1v) is 9.60. The number of carboxylic acid groups (broad SMARTS) is 1. The molecule has 0 aromatic heterocycles. The Morgan fingerprint density at radius 3 is 2.38 bits per heavy atom. The van der Waals surface area contributed by atoms with Crippen LogP contribution in [0.3, 0.4) is 0 Å². The van der Waals surface area contributed by atoms with E-state index in [1.807, 2.05) is 0 Å². The molecule has 1 aromatic carbocycles. The summed E-state index contributed by atoms with van der Waals surface area (Å²) in [6.45, 7) is 2.99. The van der Waals surface area contributed by atoms with Gasteiger partial charge in [-0.05, 0) is 31.5 Å². The molecule has 1 rings (SSSR count). The van der Waals surface area contributed by atoms with Gasteiger partial charge in [-0.3, -0.25) is 9.59 Å². The number of rotatable bonds is 11. The van der Waals surface area contributed by atoms with Crippen molar-refractivity contribution in [3.8, 4) is 0 Å². The van der Waals surface area contributed by atoms with Crippen LogP contribution in [0.25, 0.3) is 0 Å². The molecule has 0 spiro atoms. The second-order valence-electron chi connectivity index (χ2n) is 5.83. The van der Waals surface area contributed by atoms with E-state index < -0.39 is 46.7 Å². The summed E-state index contributed by atoms with van der Waals surface area (Å²) in [6.07, 6.45) is -0.534. The predicted molar refractivity (Wildman–Crippen MR) is 92.4 cm³/mol. The zero-order valence-electron chi connectivity index (χ0n) is 14.6. The SMILES string of the molecule is CC(C)OCCS(=O)(=O)NCC(=O)NC(CC(=O)O)c1ccc(F)cc1. The van der Waals surface area contributed by atoms with Crippen LogP contribution >= 0.6 is 0 Å². The second-order valence-corrected chi connectivity index (χ2v) is 7.76. The number of hydrogen-bond acceptors (Lipinski definition) is 5. The molecule has 1 aromatic rings. The quantitative estimate of drug-likeness (QED) is 0.514. The van der Waals surface area contributed by atoms with Crippen molar-refractivity contribution in [1.82, 2.24) is 10.0 Å². The average Bonchev–Trinajstić information content (AvgIpc) is 2.52. The molecule has 0 saturated heterocycles. The Labute approximate surface area is 151 Å². The Morgan fingerprint density at radius 1 is 1.23 bits per heavy atom. The lowest BCUT2D eigenvalue weighted by atomic mass is 10.0. The highest BCUT2D eigenvalue weighted by Gasteiger charge is 2.19. The first-order chi connectivity index (χ1) is 12.1. The fourth-order valence-corrected chi connectivity index (χ4v) is 2.82. The Hall–Kier alpha value is -2.04. The Morgan fingerprint density at radius 2 is 1.85 bits per heavy atom. The van der Waals surface area contributed by atoms with Crippen molar-refractivity contribution >= 4 is 21.9 Å². The summed E-state index contributed by atoms with van der Waals surface area (Å²) in [4.78, 5) is 22.9. The van der Waals surface area contributed by atoms with Gasteiger partial charge in [-0.2, -0.15) is 0 Å². The van der Waals surface area contributed by atoms with Gasteiger partial charge in [0.1, 0.15) is 5.82 Å². The molecule has 0 fully saturated rings. The molecular formula is C16H23FN2O6S. The number of hydrogen-bond donors (Lipinski definition) is 3. The molecule has 1 unspecified atom stereocenters. The molecule has 0 aliphatic rings. The molecule has 8 nitrogen and oxygen atoms in total. The molecule has 0 saturated carbocycles. The van der Waals surface area contributed by atoms with Gasteiger partial charge in [0.05, 0.1) is 37.5 Å². The standard InChI is InChI=1S/C16H23FN2O6S/c1-11(2)25-7-8-26(23,24)18-10-15(20)19-14(9-16(21)22)12-3-5-13(17)6-4-12/h3-6,11,14,18H,7-10H2,1-2H3,(H,19,20)(H,21,22). The number of benzene rings is 1. The minimum Gasteiger partial charge on any atom is -0.481 e. The van der Waals surface area contributed by atoms with E-state index in [1.54, 1.807) is 13.8 Å². The minimum atomic E-state index is -3.70. The van der Waals surface area contributed by atoms with Crippen molar-refractivity contribution < 1.29 is 32.2 Å². The van der Waals surface area contributed by atoms with Crippen molar-refractivity contribution in [1.29, 1.82) is 0 Å². The van der Waals surface area contributed by atoms with Crippen LogP contribution in [0.2, 0.25) is 0 Å². The maximum atomic E-state index is 13.0. The zero-order valence-corrected chi connectivity index (χ0v) is 15.4. The van der Waals surface area contributed by atoms with E-state index in [2.05, 4.69) is 10.0 Å². The Bertz CT molecular complexity index is 706. The van der Waals surface area contributed by atoms with E-state index in [0.29, 0.717) is 5.56 Å². The molecule has 3 N–H and O–H groups in total. The van der Waals surface area contributed by atoms with Crippen LogP contribution < -0.4 is 10.0 Å². The lowest BCUT2D eigenvalue weighted by Crippen LogP contribution is -2.40. The Kier molecular flexibility index (Phi) is 8.62. The number of nitrogens with one attached hydrogen (secondary N) is 2. The lowest BCUT2D eigenvalue weighted by molar-refractivity contribution is -0.137. The number of ether oxygens (including phenoxy) is 1. The fourth-order valence-electron chi connectivity index (χ4n) is 2.01.